The number of hydrogen-bond acceptors (Lipinski definition) is 2. The van der Waals surface area contributed by atoms with Crippen molar-refractivity contribution in [3.8, 4) is 0 Å². The number of hydrogen-bond donors (Lipinski definition) is 2. The number of rotatable bonds is 0. The summed E-state index contributed by atoms with van der Waals surface area (Å²) in [4.78, 5) is 0. The quantitative estimate of drug-likeness (QED) is 0.547. The standard InChI is InChI=1S/C9H16O2/c1-8(2)6-4-3-5-7(10)9(6,8)11/h6-7,10-11H,3-5H2,1-2H3. The normalized spacial score (nSPS) is 53.5. The molecule has 0 aromatic heterocycles. The van der Waals surface area contributed by atoms with Crippen LogP contribution in [-0.2, 0) is 0 Å². The fourth-order valence-corrected chi connectivity index (χ4v) is 2.86. The molecule has 3 unspecified atom stereocenters. The summed E-state index contributed by atoms with van der Waals surface area (Å²) in [6, 6.07) is 0. The van der Waals surface area contributed by atoms with Gasteiger partial charge in [0, 0.05) is 5.41 Å². The van der Waals surface area contributed by atoms with Gasteiger partial charge in [0.25, 0.3) is 0 Å². The fourth-order valence-electron chi connectivity index (χ4n) is 2.86. The molecule has 0 aromatic carbocycles. The molecule has 0 saturated heterocycles. The van der Waals surface area contributed by atoms with Crippen LogP contribution in [0.2, 0.25) is 0 Å². The summed E-state index contributed by atoms with van der Waals surface area (Å²) in [5, 5.41) is 19.6. The molecule has 0 aliphatic heterocycles. The van der Waals surface area contributed by atoms with Crippen LogP contribution in [-0.4, -0.2) is 21.9 Å². The Kier molecular flexibility index (Phi) is 1.24. The van der Waals surface area contributed by atoms with Gasteiger partial charge in [-0.15, -0.1) is 0 Å². The molecule has 0 spiro atoms. The molecule has 2 nitrogen and oxygen atoms in total. The van der Waals surface area contributed by atoms with Crippen LogP contribution < -0.4 is 0 Å². The monoisotopic (exact) mass is 156 g/mol. The van der Waals surface area contributed by atoms with Gasteiger partial charge in [0.2, 0.25) is 0 Å². The maximum atomic E-state index is 9.99. The van der Waals surface area contributed by atoms with Gasteiger partial charge >= 0.3 is 0 Å². The molecule has 64 valence electrons. The average molecular weight is 156 g/mol. The zero-order valence-electron chi connectivity index (χ0n) is 7.17. The van der Waals surface area contributed by atoms with Crippen LogP contribution in [0.1, 0.15) is 33.1 Å². The molecule has 11 heavy (non-hydrogen) atoms. The molecule has 0 radical (unpaired) electrons. The van der Waals surface area contributed by atoms with Gasteiger partial charge in [-0.2, -0.15) is 0 Å². The molecule has 2 fully saturated rings. The van der Waals surface area contributed by atoms with E-state index in [4.69, 9.17) is 0 Å². The van der Waals surface area contributed by atoms with Crippen molar-refractivity contribution in [1.29, 1.82) is 0 Å². The number of fused-ring (bicyclic) bond motifs is 1. The van der Waals surface area contributed by atoms with Crippen LogP contribution in [0.3, 0.4) is 0 Å². The zero-order chi connectivity index (χ0) is 8.28. The second-order valence-corrected chi connectivity index (χ2v) is 4.55. The average Bonchev–Trinajstić information content (AvgIpc) is 2.35. The van der Waals surface area contributed by atoms with Crippen molar-refractivity contribution in [2.75, 3.05) is 0 Å². The van der Waals surface area contributed by atoms with Gasteiger partial charge in [0.05, 0.1) is 11.7 Å². The van der Waals surface area contributed by atoms with Crippen molar-refractivity contribution in [1.82, 2.24) is 0 Å². The first-order chi connectivity index (χ1) is 5.01. The van der Waals surface area contributed by atoms with E-state index >= 15 is 0 Å². The van der Waals surface area contributed by atoms with E-state index in [9.17, 15) is 10.2 Å². The van der Waals surface area contributed by atoms with Crippen molar-refractivity contribution in [3.05, 3.63) is 0 Å². The highest BCUT2D eigenvalue weighted by molar-refractivity contribution is 5.23. The Morgan fingerprint density at radius 2 is 1.91 bits per heavy atom. The van der Waals surface area contributed by atoms with Gasteiger partial charge in [0.15, 0.2) is 0 Å². The first-order valence-electron chi connectivity index (χ1n) is 4.41. The maximum absolute atomic E-state index is 9.99. The van der Waals surface area contributed by atoms with Crippen molar-refractivity contribution < 1.29 is 10.2 Å². The molecule has 3 atom stereocenters. The summed E-state index contributed by atoms with van der Waals surface area (Å²) in [6.07, 6.45) is 2.45. The topological polar surface area (TPSA) is 40.5 Å². The van der Waals surface area contributed by atoms with E-state index in [-0.39, 0.29) is 5.41 Å². The van der Waals surface area contributed by atoms with Crippen LogP contribution in [0.5, 0.6) is 0 Å². The molecule has 2 rings (SSSR count). The minimum absolute atomic E-state index is 0.0388. The first kappa shape index (κ1) is 7.56. The predicted octanol–water partition coefficient (Wildman–Crippen LogP) is 0.918. The smallest absolute Gasteiger partial charge is 0.0993 e. The lowest BCUT2D eigenvalue weighted by atomic mass is 9.94. The third-order valence-corrected chi connectivity index (χ3v) is 3.83. The largest absolute Gasteiger partial charge is 0.390 e. The summed E-state index contributed by atoms with van der Waals surface area (Å²) in [6.45, 7) is 4.10. The third kappa shape index (κ3) is 0.651. The maximum Gasteiger partial charge on any atom is 0.0993 e. The lowest BCUT2D eigenvalue weighted by Gasteiger charge is -2.23. The Morgan fingerprint density at radius 1 is 1.27 bits per heavy atom. The van der Waals surface area contributed by atoms with Crippen LogP contribution in [0.4, 0.5) is 0 Å². The van der Waals surface area contributed by atoms with E-state index in [1.165, 1.54) is 0 Å². The molecule has 0 heterocycles. The fraction of sp³-hybridized carbons (Fsp3) is 1.00. The van der Waals surface area contributed by atoms with Crippen LogP contribution in [0.25, 0.3) is 0 Å². The molecule has 0 aromatic rings. The molecule has 2 heteroatoms. The van der Waals surface area contributed by atoms with Gasteiger partial charge in [-0.05, 0) is 18.8 Å². The van der Waals surface area contributed by atoms with Crippen molar-refractivity contribution in [2.45, 2.75) is 44.8 Å². The molecule has 0 bridgehead atoms. The van der Waals surface area contributed by atoms with Gasteiger partial charge in [-0.25, -0.2) is 0 Å². The van der Waals surface area contributed by atoms with Gasteiger partial charge in [0.1, 0.15) is 0 Å². The highest BCUT2D eigenvalue weighted by Crippen LogP contribution is 2.67. The van der Waals surface area contributed by atoms with Crippen LogP contribution in [0, 0.1) is 11.3 Å². The van der Waals surface area contributed by atoms with Crippen molar-refractivity contribution >= 4 is 0 Å². The Labute approximate surface area is 67.2 Å². The highest BCUT2D eigenvalue weighted by atomic mass is 16.4. The predicted molar refractivity (Wildman–Crippen MR) is 42.1 cm³/mol. The Hall–Kier alpha value is -0.0800. The van der Waals surface area contributed by atoms with Crippen LogP contribution in [0.15, 0.2) is 0 Å². The highest BCUT2D eigenvalue weighted by Gasteiger charge is 2.74. The number of aliphatic hydroxyl groups is 2. The lowest BCUT2D eigenvalue weighted by Crippen LogP contribution is -2.35. The summed E-state index contributed by atoms with van der Waals surface area (Å²) in [5.74, 6) is 0.346. The summed E-state index contributed by atoms with van der Waals surface area (Å²) < 4.78 is 0. The van der Waals surface area contributed by atoms with E-state index < -0.39 is 11.7 Å². The SMILES string of the molecule is CC1(C)C2CCCC(O)C21O. The zero-order valence-corrected chi connectivity index (χ0v) is 7.17. The Balaban J connectivity index is 2.25. The van der Waals surface area contributed by atoms with E-state index in [0.29, 0.717) is 5.92 Å². The first-order valence-corrected chi connectivity index (χ1v) is 4.41. The Bertz CT molecular complexity index is 188. The molecule has 2 aliphatic rings. The van der Waals surface area contributed by atoms with Crippen LogP contribution >= 0.6 is 0 Å². The second-order valence-electron chi connectivity index (χ2n) is 4.55. The molecule has 2 N–H and O–H groups in total. The Morgan fingerprint density at radius 3 is 2.36 bits per heavy atom. The lowest BCUT2D eigenvalue weighted by molar-refractivity contribution is -0.0457. The minimum Gasteiger partial charge on any atom is -0.390 e. The van der Waals surface area contributed by atoms with Crippen molar-refractivity contribution in [3.63, 3.8) is 0 Å². The minimum atomic E-state index is -0.745. The third-order valence-electron chi connectivity index (χ3n) is 3.83. The molecular formula is C9H16O2. The molecule has 0 amide bonds. The molecular weight excluding hydrogens is 140 g/mol. The molecule has 2 aliphatic carbocycles. The van der Waals surface area contributed by atoms with Gasteiger partial charge in [-0.1, -0.05) is 20.3 Å². The summed E-state index contributed by atoms with van der Waals surface area (Å²) in [5.41, 5.74) is -0.784. The summed E-state index contributed by atoms with van der Waals surface area (Å²) >= 11 is 0. The van der Waals surface area contributed by atoms with Crippen molar-refractivity contribution in [2.24, 2.45) is 11.3 Å². The number of aliphatic hydroxyl groups excluding tert-OH is 1. The van der Waals surface area contributed by atoms with Gasteiger partial charge in [-0.3, -0.25) is 0 Å². The van der Waals surface area contributed by atoms with E-state index in [0.717, 1.165) is 19.3 Å². The second kappa shape index (κ2) is 1.80. The van der Waals surface area contributed by atoms with Gasteiger partial charge < -0.3 is 10.2 Å². The van der Waals surface area contributed by atoms with E-state index in [1.54, 1.807) is 0 Å². The summed E-state index contributed by atoms with van der Waals surface area (Å²) in [7, 11) is 0. The van der Waals surface area contributed by atoms with E-state index in [2.05, 4.69) is 0 Å². The van der Waals surface area contributed by atoms with E-state index in [1.807, 2.05) is 13.8 Å². The molecule has 2 saturated carbocycles.